The van der Waals surface area contributed by atoms with E-state index in [0.717, 1.165) is 11.3 Å². The molecule has 0 saturated heterocycles. The largest absolute Gasteiger partial charge is 0.452 e. The van der Waals surface area contributed by atoms with Crippen LogP contribution in [-0.2, 0) is 0 Å². The van der Waals surface area contributed by atoms with Gasteiger partial charge in [0.2, 0.25) is 0 Å². The van der Waals surface area contributed by atoms with Crippen LogP contribution >= 0.6 is 15.9 Å². The molecule has 0 aliphatic carbocycles. The van der Waals surface area contributed by atoms with Gasteiger partial charge in [0.05, 0.1) is 11.7 Å². The molecule has 0 aliphatic rings. The van der Waals surface area contributed by atoms with Crippen molar-refractivity contribution in [1.82, 2.24) is 0 Å². The van der Waals surface area contributed by atoms with Crippen molar-refractivity contribution in [3.63, 3.8) is 0 Å². The lowest BCUT2D eigenvalue weighted by Crippen LogP contribution is -2.07. The molecule has 0 radical (unpaired) electrons. The summed E-state index contributed by atoms with van der Waals surface area (Å²) in [6.45, 7) is 3.78. The molecule has 0 spiro atoms. The van der Waals surface area contributed by atoms with Gasteiger partial charge < -0.3 is 9.73 Å². The van der Waals surface area contributed by atoms with Crippen molar-refractivity contribution in [2.75, 3.05) is 5.32 Å². The van der Waals surface area contributed by atoms with E-state index >= 15 is 0 Å². The summed E-state index contributed by atoms with van der Waals surface area (Å²) in [4.78, 5) is 0. The number of aryl methyl sites for hydroxylation is 1. The van der Waals surface area contributed by atoms with Gasteiger partial charge in [-0.05, 0) is 59.6 Å². The van der Waals surface area contributed by atoms with E-state index in [-0.39, 0.29) is 11.9 Å². The van der Waals surface area contributed by atoms with E-state index in [9.17, 15) is 4.39 Å². The third-order valence-electron chi connectivity index (χ3n) is 2.52. The fourth-order valence-corrected chi connectivity index (χ4v) is 1.92. The second-order valence-electron chi connectivity index (χ2n) is 3.99. The van der Waals surface area contributed by atoms with E-state index in [1.165, 1.54) is 6.07 Å². The van der Waals surface area contributed by atoms with E-state index in [4.69, 9.17) is 4.42 Å². The predicted octanol–water partition coefficient (Wildman–Crippen LogP) is 4.66. The summed E-state index contributed by atoms with van der Waals surface area (Å²) in [6.07, 6.45) is 0. The number of anilines is 1. The maximum Gasteiger partial charge on any atom is 0.169 e. The van der Waals surface area contributed by atoms with Crippen molar-refractivity contribution in [3.8, 4) is 0 Å². The summed E-state index contributed by atoms with van der Waals surface area (Å²) in [5, 5.41) is 3.08. The van der Waals surface area contributed by atoms with Gasteiger partial charge in [-0.2, -0.15) is 0 Å². The first-order valence-electron chi connectivity index (χ1n) is 5.34. The molecule has 2 rings (SSSR count). The van der Waals surface area contributed by atoms with Gasteiger partial charge in [0.15, 0.2) is 4.67 Å². The summed E-state index contributed by atoms with van der Waals surface area (Å²) >= 11 is 3.24. The number of nitrogens with one attached hydrogen (secondary N) is 1. The molecule has 1 aromatic heterocycles. The van der Waals surface area contributed by atoms with Gasteiger partial charge in [0.25, 0.3) is 0 Å². The van der Waals surface area contributed by atoms with Crippen LogP contribution in [0.3, 0.4) is 0 Å². The van der Waals surface area contributed by atoms with Crippen molar-refractivity contribution in [2.24, 2.45) is 0 Å². The van der Waals surface area contributed by atoms with Gasteiger partial charge >= 0.3 is 0 Å². The third-order valence-corrected chi connectivity index (χ3v) is 2.94. The van der Waals surface area contributed by atoms with Crippen molar-refractivity contribution in [1.29, 1.82) is 0 Å². The van der Waals surface area contributed by atoms with Gasteiger partial charge in [0.1, 0.15) is 11.6 Å². The highest BCUT2D eigenvalue weighted by Gasteiger charge is 2.11. The minimum atomic E-state index is -0.248. The fourth-order valence-electron chi connectivity index (χ4n) is 1.60. The van der Waals surface area contributed by atoms with Gasteiger partial charge in [-0.1, -0.05) is 6.07 Å². The molecule has 1 aromatic carbocycles. The Morgan fingerprint density at radius 2 is 2.06 bits per heavy atom. The van der Waals surface area contributed by atoms with Gasteiger partial charge in [0, 0.05) is 0 Å². The van der Waals surface area contributed by atoms with E-state index in [0.29, 0.717) is 10.4 Å². The molecule has 0 fully saturated rings. The van der Waals surface area contributed by atoms with Gasteiger partial charge in [-0.25, -0.2) is 4.39 Å². The van der Waals surface area contributed by atoms with Gasteiger partial charge in [-0.3, -0.25) is 0 Å². The lowest BCUT2D eigenvalue weighted by Gasteiger charge is -2.13. The Bertz CT molecular complexity index is 524. The number of benzene rings is 1. The average Bonchev–Trinajstić information content (AvgIpc) is 2.69. The van der Waals surface area contributed by atoms with E-state index < -0.39 is 0 Å². The number of halogens is 2. The second kappa shape index (κ2) is 4.92. The summed E-state index contributed by atoms with van der Waals surface area (Å²) < 4.78 is 19.7. The molecule has 0 amide bonds. The maximum atomic E-state index is 13.6. The molecule has 1 heterocycles. The van der Waals surface area contributed by atoms with Crippen LogP contribution < -0.4 is 5.32 Å². The maximum absolute atomic E-state index is 13.6. The molecule has 0 aliphatic heterocycles. The molecular formula is C13H13BrFNO. The summed E-state index contributed by atoms with van der Waals surface area (Å²) in [7, 11) is 0. The zero-order valence-electron chi connectivity index (χ0n) is 9.63. The van der Waals surface area contributed by atoms with Crippen LogP contribution in [0.25, 0.3) is 0 Å². The molecule has 2 nitrogen and oxygen atoms in total. The smallest absolute Gasteiger partial charge is 0.169 e. The summed E-state index contributed by atoms with van der Waals surface area (Å²) in [6, 6.07) is 8.70. The predicted molar refractivity (Wildman–Crippen MR) is 69.6 cm³/mol. The first-order valence-corrected chi connectivity index (χ1v) is 6.13. The molecule has 2 aromatic rings. The van der Waals surface area contributed by atoms with Gasteiger partial charge in [-0.15, -0.1) is 0 Å². The van der Waals surface area contributed by atoms with Crippen molar-refractivity contribution >= 4 is 21.6 Å². The van der Waals surface area contributed by atoms with Crippen LogP contribution in [0, 0.1) is 12.7 Å². The van der Waals surface area contributed by atoms with E-state index in [1.54, 1.807) is 6.07 Å². The highest BCUT2D eigenvalue weighted by Crippen LogP contribution is 2.25. The highest BCUT2D eigenvalue weighted by atomic mass is 79.9. The SMILES string of the molecule is Cc1ccc(NC(C)c2ccc(Br)o2)c(F)c1. The van der Waals surface area contributed by atoms with Crippen LogP contribution in [0.2, 0.25) is 0 Å². The Hall–Kier alpha value is -1.29. The number of rotatable bonds is 3. The van der Waals surface area contributed by atoms with E-state index in [2.05, 4.69) is 21.2 Å². The van der Waals surface area contributed by atoms with Crippen LogP contribution in [0.15, 0.2) is 39.4 Å². The molecule has 17 heavy (non-hydrogen) atoms. The number of furan rings is 1. The molecular weight excluding hydrogens is 285 g/mol. The molecule has 90 valence electrons. The van der Waals surface area contributed by atoms with Crippen LogP contribution in [0.5, 0.6) is 0 Å². The van der Waals surface area contributed by atoms with Crippen LogP contribution in [0.1, 0.15) is 24.3 Å². The Balaban J connectivity index is 2.15. The normalized spacial score (nSPS) is 12.5. The lowest BCUT2D eigenvalue weighted by molar-refractivity contribution is 0.470. The summed E-state index contributed by atoms with van der Waals surface area (Å²) in [5.41, 5.74) is 1.39. The minimum Gasteiger partial charge on any atom is -0.452 e. The molecule has 0 bridgehead atoms. The average molecular weight is 298 g/mol. The van der Waals surface area contributed by atoms with Crippen molar-refractivity contribution in [3.05, 3.63) is 52.1 Å². The standard InChI is InChI=1S/C13H13BrFNO/c1-8-3-4-11(10(15)7-8)16-9(2)12-5-6-13(14)17-12/h3-7,9,16H,1-2H3. The highest BCUT2D eigenvalue weighted by molar-refractivity contribution is 9.10. The first kappa shape index (κ1) is 12.2. The number of hydrogen-bond acceptors (Lipinski definition) is 2. The molecule has 1 atom stereocenters. The molecule has 0 saturated carbocycles. The topological polar surface area (TPSA) is 25.2 Å². The molecule has 1 unspecified atom stereocenters. The lowest BCUT2D eigenvalue weighted by atomic mass is 10.2. The zero-order chi connectivity index (χ0) is 12.4. The minimum absolute atomic E-state index is 0.0847. The third kappa shape index (κ3) is 2.88. The Morgan fingerprint density at radius 1 is 1.29 bits per heavy atom. The van der Waals surface area contributed by atoms with Crippen LogP contribution in [0.4, 0.5) is 10.1 Å². The monoisotopic (exact) mass is 297 g/mol. The zero-order valence-corrected chi connectivity index (χ0v) is 11.2. The quantitative estimate of drug-likeness (QED) is 0.891. The van der Waals surface area contributed by atoms with Crippen molar-refractivity contribution in [2.45, 2.75) is 19.9 Å². The number of hydrogen-bond donors (Lipinski definition) is 1. The second-order valence-corrected chi connectivity index (χ2v) is 4.77. The Morgan fingerprint density at radius 3 is 2.65 bits per heavy atom. The summed E-state index contributed by atoms with van der Waals surface area (Å²) in [5.74, 6) is 0.513. The molecule has 4 heteroatoms. The fraction of sp³-hybridized carbons (Fsp3) is 0.231. The Labute approximate surface area is 108 Å². The van der Waals surface area contributed by atoms with Crippen molar-refractivity contribution < 1.29 is 8.81 Å². The van der Waals surface area contributed by atoms with Crippen LogP contribution in [-0.4, -0.2) is 0 Å². The Kier molecular flexibility index (Phi) is 3.52. The molecule has 1 N–H and O–H groups in total. The first-order chi connectivity index (χ1) is 8.06. The van der Waals surface area contributed by atoms with E-state index in [1.807, 2.05) is 32.0 Å².